The number of carboxylic acid groups (broad SMARTS) is 1. The molecule has 4 nitrogen and oxygen atoms in total. The third-order valence-electron chi connectivity index (χ3n) is 4.78. The van der Waals surface area contributed by atoms with E-state index in [-0.39, 0.29) is 11.8 Å². The summed E-state index contributed by atoms with van der Waals surface area (Å²) in [6, 6.07) is 0.331. The van der Waals surface area contributed by atoms with E-state index in [0.717, 1.165) is 45.1 Å². The van der Waals surface area contributed by atoms with E-state index in [1.165, 1.54) is 6.42 Å². The fourth-order valence-corrected chi connectivity index (χ4v) is 3.65. The summed E-state index contributed by atoms with van der Waals surface area (Å²) in [5.41, 5.74) is 0. The van der Waals surface area contributed by atoms with Crippen LogP contribution in [0.4, 0.5) is 0 Å². The minimum absolute atomic E-state index is 0.110. The first kappa shape index (κ1) is 14.4. The van der Waals surface area contributed by atoms with Crippen LogP contribution in [0.5, 0.6) is 0 Å². The van der Waals surface area contributed by atoms with Crippen LogP contribution in [0.1, 0.15) is 58.3 Å². The Bertz CT molecular complexity index is 342. The number of carbonyl (C=O) groups excluding carboxylic acids is 1. The molecular weight excluding hydrogens is 242 g/mol. The molecule has 0 radical (unpaired) electrons. The standard InChI is InChI=1S/C15H25NO3/c1-2-11-7-5-6-10-16(11)14(17)12-8-3-4-9-13(12)15(18)19/h11-13H,2-10H2,1H3,(H,18,19)/t11?,12-,13+/m1/s1. The molecule has 4 heteroatoms. The molecular formula is C15H25NO3. The fraction of sp³-hybridized carbons (Fsp3) is 0.867. The van der Waals surface area contributed by atoms with Crippen LogP contribution in [0.3, 0.4) is 0 Å². The molecule has 1 heterocycles. The van der Waals surface area contributed by atoms with Gasteiger partial charge in [0.15, 0.2) is 0 Å². The molecule has 2 rings (SSSR count). The zero-order valence-corrected chi connectivity index (χ0v) is 11.8. The smallest absolute Gasteiger partial charge is 0.307 e. The van der Waals surface area contributed by atoms with Gasteiger partial charge in [0.2, 0.25) is 5.91 Å². The predicted molar refractivity (Wildman–Crippen MR) is 72.7 cm³/mol. The lowest BCUT2D eigenvalue weighted by Gasteiger charge is -2.39. The van der Waals surface area contributed by atoms with Gasteiger partial charge in [-0.25, -0.2) is 0 Å². The van der Waals surface area contributed by atoms with Gasteiger partial charge in [-0.2, -0.15) is 0 Å². The molecule has 0 aromatic heterocycles. The first-order valence-electron chi connectivity index (χ1n) is 7.68. The summed E-state index contributed by atoms with van der Waals surface area (Å²) in [6.45, 7) is 2.94. The molecule has 1 amide bonds. The zero-order chi connectivity index (χ0) is 13.8. The Hall–Kier alpha value is -1.06. The molecule has 0 aromatic rings. The van der Waals surface area contributed by atoms with E-state index in [4.69, 9.17) is 0 Å². The number of rotatable bonds is 3. The Kier molecular flexibility index (Phi) is 4.83. The van der Waals surface area contributed by atoms with E-state index in [1.807, 2.05) is 4.90 Å². The highest BCUT2D eigenvalue weighted by Gasteiger charge is 2.39. The first-order chi connectivity index (χ1) is 9.15. The molecule has 0 aromatic carbocycles. The minimum Gasteiger partial charge on any atom is -0.481 e. The molecule has 0 spiro atoms. The highest BCUT2D eigenvalue weighted by molar-refractivity contribution is 5.85. The van der Waals surface area contributed by atoms with Crippen molar-refractivity contribution in [2.24, 2.45) is 11.8 Å². The molecule has 108 valence electrons. The highest BCUT2D eigenvalue weighted by Crippen LogP contribution is 2.33. The molecule has 19 heavy (non-hydrogen) atoms. The van der Waals surface area contributed by atoms with Gasteiger partial charge in [0.05, 0.1) is 11.8 Å². The molecule has 2 aliphatic rings. The van der Waals surface area contributed by atoms with Gasteiger partial charge in [0.1, 0.15) is 0 Å². The Labute approximate surface area is 115 Å². The number of amides is 1. The van der Waals surface area contributed by atoms with Gasteiger partial charge in [-0.3, -0.25) is 9.59 Å². The number of likely N-dealkylation sites (tertiary alicyclic amines) is 1. The van der Waals surface area contributed by atoms with Crippen LogP contribution in [0, 0.1) is 11.8 Å². The lowest BCUT2D eigenvalue weighted by molar-refractivity contribution is -0.154. The maximum atomic E-state index is 12.7. The van der Waals surface area contributed by atoms with Crippen LogP contribution < -0.4 is 0 Å². The van der Waals surface area contributed by atoms with Crippen LogP contribution in [0.15, 0.2) is 0 Å². The van der Waals surface area contributed by atoms with Crippen molar-refractivity contribution in [2.45, 2.75) is 64.3 Å². The predicted octanol–water partition coefficient (Wildman–Crippen LogP) is 2.67. The number of carboxylic acids is 1. The van der Waals surface area contributed by atoms with Crippen molar-refractivity contribution >= 4 is 11.9 Å². The first-order valence-corrected chi connectivity index (χ1v) is 7.68. The number of piperidine rings is 1. The summed E-state index contributed by atoms with van der Waals surface area (Å²) in [7, 11) is 0. The average Bonchev–Trinajstić information content (AvgIpc) is 2.46. The van der Waals surface area contributed by atoms with E-state index in [0.29, 0.717) is 12.5 Å². The quantitative estimate of drug-likeness (QED) is 0.855. The summed E-state index contributed by atoms with van der Waals surface area (Å²) in [5, 5.41) is 9.31. The lowest BCUT2D eigenvalue weighted by Crippen LogP contribution is -2.49. The third-order valence-corrected chi connectivity index (χ3v) is 4.78. The Balaban J connectivity index is 2.09. The molecule has 1 saturated heterocycles. The van der Waals surface area contributed by atoms with Gasteiger partial charge in [-0.05, 0) is 38.5 Å². The van der Waals surface area contributed by atoms with Gasteiger partial charge in [-0.15, -0.1) is 0 Å². The van der Waals surface area contributed by atoms with Gasteiger partial charge >= 0.3 is 5.97 Å². The van der Waals surface area contributed by atoms with Crippen molar-refractivity contribution in [1.82, 2.24) is 4.90 Å². The number of hydrogen-bond acceptors (Lipinski definition) is 2. The number of carbonyl (C=O) groups is 2. The highest BCUT2D eigenvalue weighted by atomic mass is 16.4. The summed E-state index contributed by atoms with van der Waals surface area (Å²) >= 11 is 0. The van der Waals surface area contributed by atoms with Crippen molar-refractivity contribution < 1.29 is 14.7 Å². The SMILES string of the molecule is CCC1CCCCN1C(=O)[C@@H]1CCCC[C@@H]1C(=O)O. The van der Waals surface area contributed by atoms with Crippen molar-refractivity contribution in [3.8, 4) is 0 Å². The van der Waals surface area contributed by atoms with E-state index >= 15 is 0 Å². The summed E-state index contributed by atoms with van der Waals surface area (Å²) < 4.78 is 0. The maximum absolute atomic E-state index is 12.7. The van der Waals surface area contributed by atoms with Crippen molar-refractivity contribution in [2.75, 3.05) is 6.54 Å². The maximum Gasteiger partial charge on any atom is 0.307 e. The second-order valence-corrected chi connectivity index (χ2v) is 5.93. The van der Waals surface area contributed by atoms with Gasteiger partial charge in [-0.1, -0.05) is 19.8 Å². The molecule has 3 atom stereocenters. The Morgan fingerprint density at radius 1 is 1.05 bits per heavy atom. The van der Waals surface area contributed by atoms with Gasteiger partial charge in [0, 0.05) is 12.6 Å². The molecule has 1 aliphatic heterocycles. The summed E-state index contributed by atoms with van der Waals surface area (Å²) in [6.07, 6.45) is 7.66. The van der Waals surface area contributed by atoms with Crippen LogP contribution in [-0.2, 0) is 9.59 Å². The lowest BCUT2D eigenvalue weighted by atomic mass is 9.78. The molecule has 1 aliphatic carbocycles. The zero-order valence-electron chi connectivity index (χ0n) is 11.8. The van der Waals surface area contributed by atoms with E-state index < -0.39 is 11.9 Å². The topological polar surface area (TPSA) is 57.6 Å². The summed E-state index contributed by atoms with van der Waals surface area (Å²) in [4.78, 5) is 26.0. The van der Waals surface area contributed by atoms with Crippen molar-refractivity contribution in [3.05, 3.63) is 0 Å². The fourth-order valence-electron chi connectivity index (χ4n) is 3.65. The molecule has 1 unspecified atom stereocenters. The van der Waals surface area contributed by atoms with E-state index in [2.05, 4.69) is 6.92 Å². The van der Waals surface area contributed by atoms with E-state index in [1.54, 1.807) is 0 Å². The van der Waals surface area contributed by atoms with Crippen LogP contribution in [0.2, 0.25) is 0 Å². The second-order valence-electron chi connectivity index (χ2n) is 5.93. The Morgan fingerprint density at radius 2 is 1.68 bits per heavy atom. The van der Waals surface area contributed by atoms with Crippen LogP contribution in [-0.4, -0.2) is 34.5 Å². The van der Waals surface area contributed by atoms with Crippen molar-refractivity contribution in [1.29, 1.82) is 0 Å². The molecule has 1 N–H and O–H groups in total. The molecule has 2 fully saturated rings. The van der Waals surface area contributed by atoms with Crippen molar-refractivity contribution in [3.63, 3.8) is 0 Å². The third kappa shape index (κ3) is 3.10. The summed E-state index contributed by atoms with van der Waals surface area (Å²) in [5.74, 6) is -1.42. The minimum atomic E-state index is -0.789. The molecule has 1 saturated carbocycles. The Morgan fingerprint density at radius 3 is 2.32 bits per heavy atom. The molecule has 0 bridgehead atoms. The van der Waals surface area contributed by atoms with Gasteiger partial charge < -0.3 is 10.0 Å². The van der Waals surface area contributed by atoms with Crippen LogP contribution >= 0.6 is 0 Å². The number of nitrogens with zero attached hydrogens (tertiary/aromatic N) is 1. The van der Waals surface area contributed by atoms with Crippen LogP contribution in [0.25, 0.3) is 0 Å². The average molecular weight is 267 g/mol. The normalized spacial score (nSPS) is 32.1. The largest absolute Gasteiger partial charge is 0.481 e. The van der Waals surface area contributed by atoms with Gasteiger partial charge in [0.25, 0.3) is 0 Å². The number of hydrogen-bond donors (Lipinski definition) is 1. The van der Waals surface area contributed by atoms with E-state index in [9.17, 15) is 14.7 Å². The number of aliphatic carboxylic acids is 1. The second kappa shape index (κ2) is 6.40. The monoisotopic (exact) mass is 267 g/mol.